The molecule has 3 aromatic carbocycles. The van der Waals surface area contributed by atoms with Gasteiger partial charge in [0.1, 0.15) is 23.4 Å². The number of ether oxygens (including phenoxy) is 4. The Labute approximate surface area is 382 Å². The van der Waals surface area contributed by atoms with Gasteiger partial charge < -0.3 is 34.6 Å². The van der Waals surface area contributed by atoms with Crippen molar-refractivity contribution in [2.75, 3.05) is 65.1 Å². The molecule has 2 fully saturated rings. The van der Waals surface area contributed by atoms with Gasteiger partial charge in [0.15, 0.2) is 0 Å². The van der Waals surface area contributed by atoms with Crippen LogP contribution in [0.2, 0.25) is 0 Å². The molecule has 0 bridgehead atoms. The fourth-order valence-electron chi connectivity index (χ4n) is 8.38. The second kappa shape index (κ2) is 21.6. The Bertz CT molecular complexity index is 2550. The number of imide groups is 2. The van der Waals surface area contributed by atoms with Crippen molar-refractivity contribution in [1.82, 2.24) is 24.4 Å². The van der Waals surface area contributed by atoms with Crippen LogP contribution in [0.5, 0.6) is 5.75 Å². The molecule has 65 heavy (non-hydrogen) atoms. The molecule has 4 N–H and O–H groups in total. The average molecular weight is 931 g/mol. The number of nitrogens with two attached hydrogens (primary N) is 1. The molecule has 5 amide bonds. The summed E-state index contributed by atoms with van der Waals surface area (Å²) in [7, 11) is -3.28. The minimum Gasteiger partial charge on any atom is -0.490 e. The summed E-state index contributed by atoms with van der Waals surface area (Å²) in [5.74, 6) is -2.18. The summed E-state index contributed by atoms with van der Waals surface area (Å²) in [5.41, 5.74) is 10.9. The van der Waals surface area contributed by atoms with Gasteiger partial charge in [-0.15, -0.1) is 0 Å². The number of piperidine rings is 2. The van der Waals surface area contributed by atoms with E-state index in [1.54, 1.807) is 16.4 Å². The first kappa shape index (κ1) is 47.4. The van der Waals surface area contributed by atoms with Crippen molar-refractivity contribution in [3.63, 3.8) is 0 Å². The predicted molar refractivity (Wildman–Crippen MR) is 245 cm³/mol. The predicted octanol–water partition coefficient (Wildman–Crippen LogP) is 3.86. The average Bonchev–Trinajstić information content (AvgIpc) is 3.80. The zero-order valence-corrected chi connectivity index (χ0v) is 37.9. The largest absolute Gasteiger partial charge is 0.490 e. The maximum atomic E-state index is 13.2. The highest BCUT2D eigenvalue weighted by atomic mass is 32.2. The standard InChI is InChI=1S/C46H54N6O11S2/c1-2-25-65(58,59)50-16-13-33(14-17-50)51-29-36(31-5-3-6-32(27-31)43(47)64)34-10-9-30(26-38(34)51)28-48-40(53)15-18-60-19-20-61-21-22-62-23-24-63-39-8-4-7-35-42(39)46(57)52(45(35)56)37-11-12-41(54)49-44(37)55/h3-10,26-27,29,33,37H,2,11-25,28H2,1H3,(H2,47,64)(H,48,53)(H,49,54,55). The van der Waals surface area contributed by atoms with Crippen LogP contribution in [0.15, 0.2) is 66.9 Å². The van der Waals surface area contributed by atoms with Crippen LogP contribution < -0.4 is 21.1 Å². The summed E-state index contributed by atoms with van der Waals surface area (Å²) >= 11 is 5.25. The number of hydrogen-bond donors (Lipinski definition) is 3. The fourth-order valence-corrected chi connectivity index (χ4v) is 10.0. The van der Waals surface area contributed by atoms with E-state index in [0.717, 1.165) is 38.1 Å². The van der Waals surface area contributed by atoms with Crippen molar-refractivity contribution < 1.29 is 51.3 Å². The Balaban J connectivity index is 0.811. The van der Waals surface area contributed by atoms with Crippen molar-refractivity contribution in [3.05, 3.63) is 89.1 Å². The maximum Gasteiger partial charge on any atom is 0.266 e. The van der Waals surface area contributed by atoms with Gasteiger partial charge in [-0.3, -0.25) is 34.2 Å². The molecule has 4 aromatic rings. The molecule has 0 aliphatic carbocycles. The van der Waals surface area contributed by atoms with E-state index in [-0.39, 0.29) is 86.9 Å². The molecular weight excluding hydrogens is 877 g/mol. The first-order valence-corrected chi connectivity index (χ1v) is 23.9. The molecule has 1 aromatic heterocycles. The van der Waals surface area contributed by atoms with Gasteiger partial charge in [-0.05, 0) is 61.1 Å². The zero-order chi connectivity index (χ0) is 46.1. The lowest BCUT2D eigenvalue weighted by Crippen LogP contribution is -2.54. The number of aromatic nitrogens is 1. The first-order valence-electron chi connectivity index (χ1n) is 21.8. The number of hydrogen-bond acceptors (Lipinski definition) is 12. The van der Waals surface area contributed by atoms with Crippen LogP contribution in [0.25, 0.3) is 22.0 Å². The van der Waals surface area contributed by atoms with E-state index in [2.05, 4.69) is 33.5 Å². The van der Waals surface area contributed by atoms with Crippen molar-refractivity contribution in [1.29, 1.82) is 0 Å². The zero-order valence-electron chi connectivity index (χ0n) is 36.3. The van der Waals surface area contributed by atoms with E-state index in [1.165, 1.54) is 6.07 Å². The molecule has 4 heterocycles. The van der Waals surface area contributed by atoms with Crippen LogP contribution in [-0.4, -0.2) is 128 Å². The van der Waals surface area contributed by atoms with E-state index in [0.29, 0.717) is 57.1 Å². The van der Waals surface area contributed by atoms with Gasteiger partial charge >= 0.3 is 0 Å². The maximum absolute atomic E-state index is 13.2. The van der Waals surface area contributed by atoms with Crippen molar-refractivity contribution in [2.45, 2.75) is 64.1 Å². The lowest BCUT2D eigenvalue weighted by atomic mass is 10.0. The molecule has 1 atom stereocenters. The highest BCUT2D eigenvalue weighted by Gasteiger charge is 2.46. The van der Waals surface area contributed by atoms with Crippen LogP contribution >= 0.6 is 12.2 Å². The third-order valence-corrected chi connectivity index (χ3v) is 14.0. The van der Waals surface area contributed by atoms with Crippen LogP contribution in [0.1, 0.15) is 83.3 Å². The van der Waals surface area contributed by atoms with Crippen LogP contribution in [0.4, 0.5) is 0 Å². The minimum absolute atomic E-state index is 0.0322. The smallest absolute Gasteiger partial charge is 0.266 e. The minimum atomic E-state index is -3.28. The lowest BCUT2D eigenvalue weighted by Gasteiger charge is -2.32. The molecule has 1 unspecified atom stereocenters. The van der Waals surface area contributed by atoms with Gasteiger partial charge in [0.05, 0.1) is 56.5 Å². The molecule has 346 valence electrons. The van der Waals surface area contributed by atoms with Gasteiger partial charge in [0.2, 0.25) is 27.7 Å². The molecule has 7 rings (SSSR count). The molecule has 19 heteroatoms. The Morgan fingerprint density at radius 1 is 0.862 bits per heavy atom. The number of sulfonamides is 1. The van der Waals surface area contributed by atoms with Crippen molar-refractivity contribution in [3.8, 4) is 16.9 Å². The number of rotatable bonds is 22. The summed E-state index contributed by atoms with van der Waals surface area (Å²) in [6.45, 7) is 4.77. The molecule has 3 aliphatic heterocycles. The van der Waals surface area contributed by atoms with Crippen LogP contribution in [-0.2, 0) is 45.2 Å². The Kier molecular flexibility index (Phi) is 15.8. The van der Waals surface area contributed by atoms with E-state index in [9.17, 15) is 32.4 Å². The van der Waals surface area contributed by atoms with E-state index < -0.39 is 39.7 Å². The summed E-state index contributed by atoms with van der Waals surface area (Å²) in [6, 6.07) is 17.7. The summed E-state index contributed by atoms with van der Waals surface area (Å²) in [5, 5.41) is 6.20. The first-order chi connectivity index (χ1) is 31.4. The highest BCUT2D eigenvalue weighted by molar-refractivity contribution is 7.89. The van der Waals surface area contributed by atoms with Crippen LogP contribution in [0, 0.1) is 0 Å². The second-order valence-electron chi connectivity index (χ2n) is 16.0. The molecule has 17 nitrogen and oxygen atoms in total. The quantitative estimate of drug-likeness (QED) is 0.0581. The number of fused-ring (bicyclic) bond motifs is 2. The molecule has 0 spiro atoms. The molecule has 3 aliphatic rings. The molecule has 0 radical (unpaired) electrons. The summed E-state index contributed by atoms with van der Waals surface area (Å²) < 4.78 is 52.0. The Morgan fingerprint density at radius 2 is 1.57 bits per heavy atom. The number of nitrogens with one attached hydrogen (secondary N) is 2. The van der Waals surface area contributed by atoms with E-state index >= 15 is 0 Å². The molecular formula is C46H54N6O11S2. The number of carbonyl (C=O) groups is 5. The van der Waals surface area contributed by atoms with Gasteiger partial charge in [-0.1, -0.05) is 55.5 Å². The van der Waals surface area contributed by atoms with E-state index in [1.807, 2.05) is 37.3 Å². The van der Waals surface area contributed by atoms with Gasteiger partial charge in [-0.2, -0.15) is 0 Å². The molecule has 0 saturated carbocycles. The Hall–Kier alpha value is -5.57. The number of benzene rings is 3. The third kappa shape index (κ3) is 11.3. The lowest BCUT2D eigenvalue weighted by molar-refractivity contribution is -0.136. The normalized spacial score (nSPS) is 17.1. The van der Waals surface area contributed by atoms with Gasteiger partial charge in [-0.25, -0.2) is 12.7 Å². The Morgan fingerprint density at radius 3 is 2.28 bits per heavy atom. The van der Waals surface area contributed by atoms with Crippen molar-refractivity contribution >= 4 is 67.7 Å². The topological polar surface area (TPSA) is 218 Å². The monoisotopic (exact) mass is 930 g/mol. The molecule has 2 saturated heterocycles. The number of amides is 5. The second-order valence-corrected chi connectivity index (χ2v) is 18.6. The van der Waals surface area contributed by atoms with Crippen molar-refractivity contribution in [2.24, 2.45) is 5.73 Å². The number of carbonyl (C=O) groups excluding carboxylic acids is 5. The number of thiocarbonyl (C=S) groups is 1. The van der Waals surface area contributed by atoms with Gasteiger partial charge in [0.25, 0.3) is 11.8 Å². The third-order valence-electron chi connectivity index (χ3n) is 11.7. The van der Waals surface area contributed by atoms with Crippen LogP contribution in [0.3, 0.4) is 0 Å². The fraction of sp³-hybridized carbons (Fsp3) is 0.435. The SMILES string of the molecule is CCCS(=O)(=O)N1CCC(n2cc(-c3cccc(C(N)=S)c3)c3ccc(CNC(=O)CCOCCOCCOCCOc4cccc5c4C(=O)N(C4CCC(=O)NC4=O)C5=O)cc32)CC1. The number of nitrogens with zero attached hydrogens (tertiary/aromatic N) is 3. The van der Waals surface area contributed by atoms with Gasteiger partial charge in [0, 0.05) is 66.7 Å². The highest BCUT2D eigenvalue weighted by Crippen LogP contribution is 2.37. The summed E-state index contributed by atoms with van der Waals surface area (Å²) in [6.07, 6.45) is 4.34. The summed E-state index contributed by atoms with van der Waals surface area (Å²) in [4.78, 5) is 64.2. The van der Waals surface area contributed by atoms with E-state index in [4.69, 9.17) is 36.9 Å².